The minimum atomic E-state index is -1.71. The summed E-state index contributed by atoms with van der Waals surface area (Å²) < 4.78 is 28.1. The molecule has 1 fully saturated rings. The van der Waals surface area contributed by atoms with E-state index in [0.717, 1.165) is 0 Å². The first kappa shape index (κ1) is 30.4. The summed E-state index contributed by atoms with van der Waals surface area (Å²) >= 11 is 12.4. The summed E-state index contributed by atoms with van der Waals surface area (Å²) in [6.45, 7) is 2.73. The minimum absolute atomic E-state index is 0.0141. The molecule has 5 rings (SSSR count). The average Bonchev–Trinajstić information content (AvgIpc) is 3.22. The largest absolute Gasteiger partial charge is 0.481 e. The van der Waals surface area contributed by atoms with Crippen LogP contribution in [-0.4, -0.2) is 47.3 Å². The van der Waals surface area contributed by atoms with E-state index in [1.807, 2.05) is 6.92 Å². The number of ether oxygens (including phenoxy) is 2. The van der Waals surface area contributed by atoms with E-state index in [9.17, 15) is 19.8 Å². The Labute approximate surface area is 253 Å². The summed E-state index contributed by atoms with van der Waals surface area (Å²) in [6.07, 6.45) is 1.22. The lowest BCUT2D eigenvalue weighted by molar-refractivity contribution is -0.136. The molecule has 222 valence electrons. The monoisotopic (exact) mass is 615 g/mol. The Hall–Kier alpha value is -3.01. The SMILES string of the molecule is CC[C@@](O)(c1cc(F)c2c(c1)C(=O)N(Cc1ccc(Cl)cc1CC(=O)O)[C@@]2(OC)c1ccc(Cl)cc1)C1CCOCC1. The van der Waals surface area contributed by atoms with Gasteiger partial charge in [-0.2, -0.15) is 0 Å². The summed E-state index contributed by atoms with van der Waals surface area (Å²) in [4.78, 5) is 27.4. The maximum absolute atomic E-state index is 16.5. The smallest absolute Gasteiger partial charge is 0.307 e. The Morgan fingerprint density at radius 3 is 2.38 bits per heavy atom. The van der Waals surface area contributed by atoms with Crippen LogP contribution in [0.15, 0.2) is 54.6 Å². The van der Waals surface area contributed by atoms with Gasteiger partial charge in [-0.1, -0.05) is 48.3 Å². The van der Waals surface area contributed by atoms with Crippen LogP contribution in [0.2, 0.25) is 10.0 Å². The summed E-state index contributed by atoms with van der Waals surface area (Å²) in [6, 6.07) is 14.3. The molecule has 1 amide bonds. The van der Waals surface area contributed by atoms with E-state index in [1.165, 1.54) is 18.1 Å². The van der Waals surface area contributed by atoms with Crippen LogP contribution in [0.1, 0.15) is 64.4 Å². The van der Waals surface area contributed by atoms with Gasteiger partial charge in [0.05, 0.1) is 23.1 Å². The zero-order valence-electron chi connectivity index (χ0n) is 23.3. The average molecular weight is 617 g/mol. The molecule has 0 bridgehead atoms. The normalized spacial score (nSPS) is 20.4. The van der Waals surface area contributed by atoms with Gasteiger partial charge in [-0.3, -0.25) is 14.5 Å². The van der Waals surface area contributed by atoms with Crippen molar-refractivity contribution < 1.29 is 33.7 Å². The van der Waals surface area contributed by atoms with Gasteiger partial charge in [0.1, 0.15) is 5.82 Å². The number of hydrogen-bond donors (Lipinski definition) is 2. The fraction of sp³-hybridized carbons (Fsp3) is 0.375. The highest BCUT2D eigenvalue weighted by Crippen LogP contribution is 2.49. The van der Waals surface area contributed by atoms with Crippen LogP contribution in [0, 0.1) is 11.7 Å². The maximum atomic E-state index is 16.5. The number of carboxylic acids is 1. The lowest BCUT2D eigenvalue weighted by Gasteiger charge is -2.39. The predicted octanol–water partition coefficient (Wildman–Crippen LogP) is 6.29. The molecule has 42 heavy (non-hydrogen) atoms. The molecule has 1 saturated heterocycles. The minimum Gasteiger partial charge on any atom is -0.481 e. The van der Waals surface area contributed by atoms with Gasteiger partial charge in [-0.15, -0.1) is 0 Å². The van der Waals surface area contributed by atoms with Gasteiger partial charge >= 0.3 is 5.97 Å². The van der Waals surface area contributed by atoms with Crippen LogP contribution in [0.3, 0.4) is 0 Å². The molecule has 2 aliphatic rings. The van der Waals surface area contributed by atoms with E-state index in [-0.39, 0.29) is 30.0 Å². The van der Waals surface area contributed by atoms with Gasteiger partial charge in [0, 0.05) is 42.5 Å². The first-order valence-corrected chi connectivity index (χ1v) is 14.6. The highest BCUT2D eigenvalue weighted by Gasteiger charge is 2.54. The Morgan fingerprint density at radius 2 is 1.76 bits per heavy atom. The van der Waals surface area contributed by atoms with Crippen LogP contribution in [0.25, 0.3) is 0 Å². The fourth-order valence-electron chi connectivity index (χ4n) is 6.43. The van der Waals surface area contributed by atoms with Crippen molar-refractivity contribution in [3.8, 4) is 0 Å². The standard InChI is InChI=1S/C32H32Cl2FNO6/c1-3-31(40,21-10-12-42-13-11-21)23-16-26-29(27(35)17-23)32(41-2,22-5-8-24(33)9-6-22)36(30(26)39)18-19-4-7-25(34)14-20(19)15-28(37)38/h4-9,14,16-17,21,40H,3,10-13,15,18H2,1-2H3,(H,37,38)/t31-,32+/m0/s1. The molecule has 7 nitrogen and oxygen atoms in total. The Bertz CT molecular complexity index is 1510. The topological polar surface area (TPSA) is 96.3 Å². The number of amides is 1. The third-order valence-electron chi connectivity index (χ3n) is 8.59. The number of aliphatic carboxylic acids is 1. The third-order valence-corrected chi connectivity index (χ3v) is 9.08. The number of methoxy groups -OCH3 is 1. The predicted molar refractivity (Wildman–Crippen MR) is 156 cm³/mol. The van der Waals surface area contributed by atoms with Crippen LogP contribution >= 0.6 is 23.2 Å². The van der Waals surface area contributed by atoms with Crippen LogP contribution in [0.4, 0.5) is 4.39 Å². The molecule has 0 saturated carbocycles. The van der Waals surface area contributed by atoms with Crippen molar-refractivity contribution in [1.29, 1.82) is 0 Å². The summed E-state index contributed by atoms with van der Waals surface area (Å²) in [5.74, 6) is -2.45. The van der Waals surface area contributed by atoms with Crippen LogP contribution in [-0.2, 0) is 38.6 Å². The number of benzene rings is 3. The molecule has 2 atom stereocenters. The van der Waals surface area contributed by atoms with Crippen molar-refractivity contribution in [1.82, 2.24) is 4.90 Å². The van der Waals surface area contributed by atoms with Gasteiger partial charge in [-0.25, -0.2) is 4.39 Å². The molecular weight excluding hydrogens is 584 g/mol. The van der Waals surface area contributed by atoms with Crippen molar-refractivity contribution in [2.75, 3.05) is 20.3 Å². The first-order valence-electron chi connectivity index (χ1n) is 13.8. The van der Waals surface area contributed by atoms with E-state index < -0.39 is 29.0 Å². The second-order valence-corrected chi connectivity index (χ2v) is 11.6. The molecular formula is C32H32Cl2FNO6. The zero-order chi connectivity index (χ0) is 30.2. The molecule has 0 aromatic heterocycles. The molecule has 0 aliphatic carbocycles. The number of fused-ring (bicyclic) bond motifs is 1. The molecule has 0 spiro atoms. The highest BCUT2D eigenvalue weighted by molar-refractivity contribution is 6.30. The van der Waals surface area contributed by atoms with Gasteiger partial charge < -0.3 is 19.7 Å². The van der Waals surface area contributed by atoms with E-state index >= 15 is 4.39 Å². The molecule has 2 heterocycles. The number of rotatable bonds is 9. The van der Waals surface area contributed by atoms with Crippen molar-refractivity contribution in [2.24, 2.45) is 5.92 Å². The van der Waals surface area contributed by atoms with Crippen molar-refractivity contribution in [3.63, 3.8) is 0 Å². The summed E-state index contributed by atoms with van der Waals surface area (Å²) in [7, 11) is 1.39. The van der Waals surface area contributed by atoms with Crippen molar-refractivity contribution in [3.05, 3.63) is 104 Å². The fourth-order valence-corrected chi connectivity index (χ4v) is 6.75. The molecule has 0 radical (unpaired) electrons. The van der Waals surface area contributed by atoms with Gasteiger partial charge in [0.2, 0.25) is 0 Å². The molecule has 3 aromatic rings. The summed E-state index contributed by atoms with van der Waals surface area (Å²) in [5.41, 5.74) is -1.28. The number of carbonyl (C=O) groups is 2. The van der Waals surface area contributed by atoms with E-state index in [1.54, 1.807) is 48.5 Å². The summed E-state index contributed by atoms with van der Waals surface area (Å²) in [5, 5.41) is 22.2. The molecule has 10 heteroatoms. The van der Waals surface area contributed by atoms with Crippen molar-refractivity contribution in [2.45, 2.75) is 50.5 Å². The Kier molecular flexibility index (Phi) is 8.65. The number of carbonyl (C=O) groups excluding carboxylic acids is 1. The van der Waals surface area contributed by atoms with Gasteiger partial charge in [-0.05, 0) is 78.3 Å². The Balaban J connectivity index is 1.70. The van der Waals surface area contributed by atoms with E-state index in [4.69, 9.17) is 32.7 Å². The van der Waals surface area contributed by atoms with Crippen LogP contribution < -0.4 is 0 Å². The third kappa shape index (κ3) is 5.20. The number of aliphatic hydroxyl groups is 1. The highest BCUT2D eigenvalue weighted by atomic mass is 35.5. The maximum Gasteiger partial charge on any atom is 0.307 e. The lowest BCUT2D eigenvalue weighted by atomic mass is 9.74. The second kappa shape index (κ2) is 11.9. The quantitative estimate of drug-likeness (QED) is 0.294. The molecule has 2 aliphatic heterocycles. The van der Waals surface area contributed by atoms with E-state index in [2.05, 4.69) is 0 Å². The van der Waals surface area contributed by atoms with Crippen LogP contribution in [0.5, 0.6) is 0 Å². The first-order chi connectivity index (χ1) is 20.0. The number of halogens is 3. The number of carboxylic acid groups (broad SMARTS) is 1. The van der Waals surface area contributed by atoms with E-state index in [0.29, 0.717) is 64.8 Å². The Morgan fingerprint density at radius 1 is 1.10 bits per heavy atom. The number of hydrogen-bond acceptors (Lipinski definition) is 5. The molecule has 2 N–H and O–H groups in total. The van der Waals surface area contributed by atoms with Gasteiger partial charge in [0.15, 0.2) is 5.72 Å². The zero-order valence-corrected chi connectivity index (χ0v) is 24.8. The molecule has 0 unspecified atom stereocenters. The van der Waals surface area contributed by atoms with Crippen molar-refractivity contribution >= 4 is 35.1 Å². The molecule has 3 aromatic carbocycles. The lowest BCUT2D eigenvalue weighted by Crippen LogP contribution is -2.46. The number of nitrogens with zero attached hydrogens (tertiary/aromatic N) is 1. The second-order valence-electron chi connectivity index (χ2n) is 10.8. The van der Waals surface area contributed by atoms with Gasteiger partial charge in [0.25, 0.3) is 5.91 Å².